The van der Waals surface area contributed by atoms with Gasteiger partial charge in [0.15, 0.2) is 10.5 Å². The van der Waals surface area contributed by atoms with Gasteiger partial charge in [0.1, 0.15) is 5.75 Å². The Bertz CT molecular complexity index is 993. The first-order chi connectivity index (χ1) is 12.0. The highest BCUT2D eigenvalue weighted by Gasteiger charge is 2.21. The van der Waals surface area contributed by atoms with Gasteiger partial charge in [0.05, 0.1) is 7.11 Å². The van der Waals surface area contributed by atoms with E-state index < -0.39 is 17.3 Å². The fraction of sp³-hybridized carbons (Fsp3) is 0.235. The van der Waals surface area contributed by atoms with Crippen LogP contribution in [0.15, 0.2) is 34.4 Å². The molecule has 0 radical (unpaired) electrons. The van der Waals surface area contributed by atoms with Crippen molar-refractivity contribution >= 4 is 22.2 Å². The summed E-state index contributed by atoms with van der Waals surface area (Å²) >= 11 is 1.23. The smallest absolute Gasteiger partial charge is 0.275 e. The lowest BCUT2D eigenvalue weighted by Gasteiger charge is -2.09. The van der Waals surface area contributed by atoms with E-state index >= 15 is 0 Å². The Hall–Kier alpha value is -2.87. The number of aryl methyl sites for hydroxylation is 1. The molecule has 8 heteroatoms. The van der Waals surface area contributed by atoms with E-state index in [1.54, 1.807) is 19.4 Å². The molecule has 0 aliphatic carbocycles. The molecule has 0 aliphatic heterocycles. The molecule has 1 aromatic carbocycles. The topological polar surface area (TPSA) is 92.9 Å². The summed E-state index contributed by atoms with van der Waals surface area (Å²) < 4.78 is 6.58. The SMILES string of the molecule is COc1ccccc1CCNC(=O)c1c(O)nc2scc(C)n2c1=O. The van der Waals surface area contributed by atoms with Crippen molar-refractivity contribution in [2.75, 3.05) is 13.7 Å². The molecule has 130 valence electrons. The predicted octanol–water partition coefficient (Wildman–Crippen LogP) is 1.75. The minimum Gasteiger partial charge on any atom is -0.496 e. The fourth-order valence-electron chi connectivity index (χ4n) is 2.58. The molecule has 0 atom stereocenters. The third-order valence-electron chi connectivity index (χ3n) is 3.82. The number of thiazole rings is 1. The summed E-state index contributed by atoms with van der Waals surface area (Å²) in [6, 6.07) is 7.49. The van der Waals surface area contributed by atoms with Crippen molar-refractivity contribution < 1.29 is 14.6 Å². The third-order valence-corrected chi connectivity index (χ3v) is 4.76. The molecule has 2 aromatic heterocycles. The van der Waals surface area contributed by atoms with Crippen molar-refractivity contribution in [3.05, 3.63) is 56.8 Å². The Kier molecular flexibility index (Phi) is 4.71. The van der Waals surface area contributed by atoms with Gasteiger partial charge in [-0.05, 0) is 25.0 Å². The number of carbonyl (C=O) groups is 1. The molecule has 0 aliphatic rings. The van der Waals surface area contributed by atoms with Gasteiger partial charge in [0, 0.05) is 17.6 Å². The number of hydrogen-bond acceptors (Lipinski definition) is 6. The maximum absolute atomic E-state index is 12.5. The summed E-state index contributed by atoms with van der Waals surface area (Å²) in [7, 11) is 1.58. The number of nitrogens with one attached hydrogen (secondary N) is 1. The van der Waals surface area contributed by atoms with Gasteiger partial charge >= 0.3 is 0 Å². The van der Waals surface area contributed by atoms with E-state index in [1.165, 1.54) is 15.7 Å². The summed E-state index contributed by atoms with van der Waals surface area (Å²) in [4.78, 5) is 29.1. The molecule has 2 N–H and O–H groups in total. The molecular weight excluding hydrogens is 342 g/mol. The van der Waals surface area contributed by atoms with Gasteiger partial charge in [-0.1, -0.05) is 18.2 Å². The number of hydrogen-bond donors (Lipinski definition) is 2. The highest BCUT2D eigenvalue weighted by atomic mass is 32.1. The zero-order valence-electron chi connectivity index (χ0n) is 13.8. The number of benzene rings is 1. The molecule has 3 rings (SSSR count). The van der Waals surface area contributed by atoms with E-state index in [9.17, 15) is 14.7 Å². The molecule has 0 spiro atoms. The second kappa shape index (κ2) is 6.94. The van der Waals surface area contributed by atoms with E-state index in [-0.39, 0.29) is 5.56 Å². The van der Waals surface area contributed by atoms with Gasteiger partial charge in [-0.25, -0.2) is 0 Å². The van der Waals surface area contributed by atoms with E-state index in [2.05, 4.69) is 10.3 Å². The Morgan fingerprint density at radius 3 is 2.92 bits per heavy atom. The van der Waals surface area contributed by atoms with E-state index in [1.807, 2.05) is 24.3 Å². The highest BCUT2D eigenvalue weighted by Crippen LogP contribution is 2.18. The zero-order valence-corrected chi connectivity index (χ0v) is 14.6. The van der Waals surface area contributed by atoms with Crippen LogP contribution in [0.3, 0.4) is 0 Å². The van der Waals surface area contributed by atoms with E-state index in [0.29, 0.717) is 23.6 Å². The van der Waals surface area contributed by atoms with Crippen LogP contribution < -0.4 is 15.6 Å². The number of methoxy groups -OCH3 is 1. The molecular formula is C17H17N3O4S. The Morgan fingerprint density at radius 1 is 1.40 bits per heavy atom. The van der Waals surface area contributed by atoms with Crippen LogP contribution >= 0.6 is 11.3 Å². The Labute approximate surface area is 147 Å². The zero-order chi connectivity index (χ0) is 18.0. The molecule has 0 unspecified atom stereocenters. The van der Waals surface area contributed by atoms with Crippen LogP contribution in [-0.4, -0.2) is 34.1 Å². The lowest BCUT2D eigenvalue weighted by atomic mass is 10.1. The fourth-order valence-corrected chi connectivity index (χ4v) is 3.43. The molecule has 3 aromatic rings. The average molecular weight is 359 g/mol. The first kappa shape index (κ1) is 17.0. The van der Waals surface area contributed by atoms with E-state index in [4.69, 9.17) is 4.74 Å². The van der Waals surface area contributed by atoms with Crippen LogP contribution in [0, 0.1) is 6.92 Å². The number of nitrogens with zero attached hydrogens (tertiary/aromatic N) is 2. The van der Waals surface area contributed by atoms with Crippen LogP contribution in [0.2, 0.25) is 0 Å². The summed E-state index contributed by atoms with van der Waals surface area (Å²) in [5, 5.41) is 14.4. The van der Waals surface area contributed by atoms with Gasteiger partial charge in [-0.3, -0.25) is 14.0 Å². The molecule has 2 heterocycles. The maximum Gasteiger partial charge on any atom is 0.275 e. The molecule has 0 saturated carbocycles. The third kappa shape index (κ3) is 3.20. The first-order valence-electron chi connectivity index (χ1n) is 7.63. The van der Waals surface area contributed by atoms with Crippen LogP contribution in [0.25, 0.3) is 4.96 Å². The number of aromatic nitrogens is 2. The second-order valence-corrected chi connectivity index (χ2v) is 6.26. The number of carbonyl (C=O) groups excluding carboxylic acids is 1. The molecule has 1 amide bonds. The number of aromatic hydroxyl groups is 1. The van der Waals surface area contributed by atoms with Crippen molar-refractivity contribution in [3.63, 3.8) is 0 Å². The van der Waals surface area contributed by atoms with Gasteiger partial charge < -0.3 is 15.2 Å². The van der Waals surface area contributed by atoms with Crippen molar-refractivity contribution in [1.29, 1.82) is 0 Å². The van der Waals surface area contributed by atoms with Gasteiger partial charge in [-0.2, -0.15) is 4.98 Å². The van der Waals surface area contributed by atoms with Crippen molar-refractivity contribution in [2.45, 2.75) is 13.3 Å². The van der Waals surface area contributed by atoms with Gasteiger partial charge in [0.25, 0.3) is 11.5 Å². The summed E-state index contributed by atoms with van der Waals surface area (Å²) in [5.74, 6) is -0.469. The maximum atomic E-state index is 12.5. The molecule has 7 nitrogen and oxygen atoms in total. The van der Waals surface area contributed by atoms with Crippen molar-refractivity contribution in [2.24, 2.45) is 0 Å². The number of ether oxygens (including phenoxy) is 1. The molecule has 25 heavy (non-hydrogen) atoms. The Morgan fingerprint density at radius 2 is 2.16 bits per heavy atom. The Balaban J connectivity index is 1.79. The van der Waals surface area contributed by atoms with Crippen LogP contribution in [0.5, 0.6) is 11.6 Å². The second-order valence-electron chi connectivity index (χ2n) is 5.43. The molecule has 0 bridgehead atoms. The van der Waals surface area contributed by atoms with Crippen LogP contribution in [0.4, 0.5) is 0 Å². The average Bonchev–Trinajstić information content (AvgIpc) is 2.96. The summed E-state index contributed by atoms with van der Waals surface area (Å²) in [6.45, 7) is 2.04. The minimum absolute atomic E-state index is 0.295. The quantitative estimate of drug-likeness (QED) is 0.724. The molecule has 0 saturated heterocycles. The standard InChI is InChI=1S/C17H17N3O4S/c1-10-9-25-17-19-15(22)13(16(23)20(10)17)14(21)18-8-7-11-5-3-4-6-12(11)24-2/h3-6,9,22H,7-8H2,1-2H3,(H,18,21). The minimum atomic E-state index is -0.648. The van der Waals surface area contributed by atoms with Crippen molar-refractivity contribution in [3.8, 4) is 11.6 Å². The van der Waals surface area contributed by atoms with Crippen LogP contribution in [0.1, 0.15) is 21.6 Å². The largest absolute Gasteiger partial charge is 0.496 e. The number of fused-ring (bicyclic) bond motifs is 1. The van der Waals surface area contributed by atoms with Gasteiger partial charge in [-0.15, -0.1) is 11.3 Å². The lowest BCUT2D eigenvalue weighted by molar-refractivity contribution is 0.0949. The number of amides is 1. The summed E-state index contributed by atoms with van der Waals surface area (Å²) in [5.41, 5.74) is 0.684. The highest BCUT2D eigenvalue weighted by molar-refractivity contribution is 7.15. The molecule has 0 fully saturated rings. The first-order valence-corrected chi connectivity index (χ1v) is 8.50. The van der Waals surface area contributed by atoms with Gasteiger partial charge in [0.2, 0.25) is 5.88 Å². The normalized spacial score (nSPS) is 10.8. The predicted molar refractivity (Wildman–Crippen MR) is 94.8 cm³/mol. The number of rotatable bonds is 5. The number of para-hydroxylation sites is 1. The van der Waals surface area contributed by atoms with Crippen molar-refractivity contribution in [1.82, 2.24) is 14.7 Å². The summed E-state index contributed by atoms with van der Waals surface area (Å²) in [6.07, 6.45) is 0.533. The monoisotopic (exact) mass is 359 g/mol. The van der Waals surface area contributed by atoms with E-state index in [0.717, 1.165) is 11.3 Å². The van der Waals surface area contributed by atoms with Crippen LogP contribution in [-0.2, 0) is 6.42 Å². The lowest BCUT2D eigenvalue weighted by Crippen LogP contribution is -2.33.